The summed E-state index contributed by atoms with van der Waals surface area (Å²) in [7, 11) is 0. The fourth-order valence-electron chi connectivity index (χ4n) is 2.41. The van der Waals surface area contributed by atoms with Gasteiger partial charge in [-0.25, -0.2) is 0 Å². The van der Waals surface area contributed by atoms with Crippen LogP contribution in [0.15, 0.2) is 18.2 Å². The van der Waals surface area contributed by atoms with Crippen LogP contribution < -0.4 is 10.6 Å². The molecule has 20 heavy (non-hydrogen) atoms. The van der Waals surface area contributed by atoms with Crippen LogP contribution in [0.1, 0.15) is 5.56 Å². The number of piperazine rings is 1. The van der Waals surface area contributed by atoms with E-state index in [2.05, 4.69) is 0 Å². The van der Waals surface area contributed by atoms with Gasteiger partial charge in [0, 0.05) is 32.2 Å². The number of hydrogen-bond acceptors (Lipinski definition) is 5. The molecule has 0 radical (unpaired) electrons. The molecule has 1 aromatic rings. The summed E-state index contributed by atoms with van der Waals surface area (Å²) in [4.78, 5) is 25.6. The average Bonchev–Trinajstić information content (AvgIpc) is 2.39. The van der Waals surface area contributed by atoms with Crippen LogP contribution in [0.5, 0.6) is 0 Å². The number of hydrogen-bond donors (Lipinski definition) is 1. The van der Waals surface area contributed by atoms with E-state index in [-0.39, 0.29) is 23.1 Å². The molecule has 7 heteroatoms. The highest BCUT2D eigenvalue weighted by atomic mass is 16.6. The minimum Gasteiger partial charge on any atom is -0.369 e. The minimum absolute atomic E-state index is 0.133. The van der Waals surface area contributed by atoms with Crippen molar-refractivity contribution in [3.63, 3.8) is 0 Å². The summed E-state index contributed by atoms with van der Waals surface area (Å²) in [6.07, 6.45) is 0. The molecular weight excluding hydrogens is 260 g/mol. The van der Waals surface area contributed by atoms with Gasteiger partial charge in [-0.1, -0.05) is 6.07 Å². The summed E-state index contributed by atoms with van der Waals surface area (Å²) in [5.41, 5.74) is 6.81. The van der Waals surface area contributed by atoms with Gasteiger partial charge in [-0.15, -0.1) is 0 Å². The first-order valence-electron chi connectivity index (χ1n) is 6.48. The standard InChI is InChI=1S/C13H18N4O3/c1-10-2-3-11(12(8-10)17(19)20)16-6-4-15(5-7-16)9-13(14)18/h2-3,8H,4-7,9H2,1H3,(H2,14,18). The molecule has 0 spiro atoms. The average molecular weight is 278 g/mol. The van der Waals surface area contributed by atoms with Crippen molar-refractivity contribution in [2.75, 3.05) is 37.6 Å². The van der Waals surface area contributed by atoms with Crippen molar-refractivity contribution in [3.05, 3.63) is 33.9 Å². The zero-order chi connectivity index (χ0) is 14.7. The van der Waals surface area contributed by atoms with Gasteiger partial charge >= 0.3 is 0 Å². The van der Waals surface area contributed by atoms with Gasteiger partial charge in [-0.2, -0.15) is 0 Å². The predicted octanol–water partition coefficient (Wildman–Crippen LogP) is 0.511. The molecular formula is C13H18N4O3. The molecule has 1 aliphatic rings. The van der Waals surface area contributed by atoms with E-state index in [9.17, 15) is 14.9 Å². The molecule has 108 valence electrons. The Balaban J connectivity index is 2.11. The van der Waals surface area contributed by atoms with E-state index in [4.69, 9.17) is 5.73 Å². The number of aryl methyl sites for hydroxylation is 1. The molecule has 2 rings (SSSR count). The van der Waals surface area contributed by atoms with Crippen LogP contribution in [0.2, 0.25) is 0 Å². The molecule has 0 aliphatic carbocycles. The Morgan fingerprint density at radius 3 is 2.55 bits per heavy atom. The van der Waals surface area contributed by atoms with Crippen molar-refractivity contribution in [2.45, 2.75) is 6.92 Å². The molecule has 1 aliphatic heterocycles. The number of carbonyl (C=O) groups excluding carboxylic acids is 1. The second-order valence-corrected chi connectivity index (χ2v) is 4.98. The predicted molar refractivity (Wildman–Crippen MR) is 75.7 cm³/mol. The van der Waals surface area contributed by atoms with Crippen molar-refractivity contribution in [2.24, 2.45) is 5.73 Å². The van der Waals surface area contributed by atoms with Crippen LogP contribution in [0, 0.1) is 17.0 Å². The number of nitro groups is 1. The Bertz CT molecular complexity index is 524. The molecule has 2 N–H and O–H groups in total. The summed E-state index contributed by atoms with van der Waals surface area (Å²) >= 11 is 0. The molecule has 0 saturated carbocycles. The summed E-state index contributed by atoms with van der Waals surface area (Å²) in [6, 6.07) is 5.25. The normalized spacial score (nSPS) is 16.1. The molecule has 1 heterocycles. The lowest BCUT2D eigenvalue weighted by Gasteiger charge is -2.35. The molecule has 1 amide bonds. The second kappa shape index (κ2) is 5.87. The van der Waals surface area contributed by atoms with Gasteiger partial charge < -0.3 is 10.6 Å². The highest BCUT2D eigenvalue weighted by molar-refractivity contribution is 5.76. The zero-order valence-corrected chi connectivity index (χ0v) is 11.4. The van der Waals surface area contributed by atoms with Gasteiger partial charge in [0.2, 0.25) is 5.91 Å². The maximum absolute atomic E-state index is 11.1. The number of primary amides is 1. The first-order valence-corrected chi connectivity index (χ1v) is 6.48. The van der Waals surface area contributed by atoms with E-state index in [1.54, 1.807) is 12.1 Å². The summed E-state index contributed by atoms with van der Waals surface area (Å²) < 4.78 is 0. The van der Waals surface area contributed by atoms with Gasteiger partial charge in [0.1, 0.15) is 5.69 Å². The van der Waals surface area contributed by atoms with Crippen molar-refractivity contribution in [3.8, 4) is 0 Å². The molecule has 0 bridgehead atoms. The zero-order valence-electron chi connectivity index (χ0n) is 11.4. The smallest absolute Gasteiger partial charge is 0.292 e. The van der Waals surface area contributed by atoms with Crippen LogP contribution in [-0.2, 0) is 4.79 Å². The van der Waals surface area contributed by atoms with Crippen LogP contribution in [-0.4, -0.2) is 48.5 Å². The topological polar surface area (TPSA) is 92.7 Å². The quantitative estimate of drug-likeness (QED) is 0.640. The van der Waals surface area contributed by atoms with Crippen LogP contribution in [0.4, 0.5) is 11.4 Å². The fraction of sp³-hybridized carbons (Fsp3) is 0.462. The third kappa shape index (κ3) is 3.24. The van der Waals surface area contributed by atoms with Gasteiger partial charge in [0.05, 0.1) is 11.5 Å². The number of anilines is 1. The molecule has 1 fully saturated rings. The Labute approximate surface area is 117 Å². The number of nitrogens with zero attached hydrogens (tertiary/aromatic N) is 3. The van der Waals surface area contributed by atoms with E-state index in [1.807, 2.05) is 22.8 Å². The molecule has 1 aromatic carbocycles. The van der Waals surface area contributed by atoms with Crippen molar-refractivity contribution in [1.82, 2.24) is 4.90 Å². The third-order valence-electron chi connectivity index (χ3n) is 3.42. The Morgan fingerprint density at radius 1 is 1.35 bits per heavy atom. The van der Waals surface area contributed by atoms with Crippen LogP contribution >= 0.6 is 0 Å². The maximum atomic E-state index is 11.1. The molecule has 0 atom stereocenters. The number of benzene rings is 1. The van der Waals surface area contributed by atoms with E-state index in [0.717, 1.165) is 5.56 Å². The minimum atomic E-state index is -0.349. The van der Waals surface area contributed by atoms with E-state index in [0.29, 0.717) is 31.9 Å². The third-order valence-corrected chi connectivity index (χ3v) is 3.42. The Morgan fingerprint density at radius 2 is 2.00 bits per heavy atom. The summed E-state index contributed by atoms with van der Waals surface area (Å²) in [5, 5.41) is 11.1. The molecule has 0 unspecified atom stereocenters. The SMILES string of the molecule is Cc1ccc(N2CCN(CC(N)=O)CC2)c([N+](=O)[O-])c1. The first kappa shape index (κ1) is 14.3. The largest absolute Gasteiger partial charge is 0.369 e. The summed E-state index contributed by atoms with van der Waals surface area (Å²) in [5.74, 6) is -0.347. The van der Waals surface area contributed by atoms with E-state index >= 15 is 0 Å². The van der Waals surface area contributed by atoms with Gasteiger partial charge in [-0.05, 0) is 18.6 Å². The Hall–Kier alpha value is -2.15. The number of carbonyl (C=O) groups is 1. The van der Waals surface area contributed by atoms with Crippen LogP contribution in [0.3, 0.4) is 0 Å². The van der Waals surface area contributed by atoms with Crippen LogP contribution in [0.25, 0.3) is 0 Å². The highest BCUT2D eigenvalue weighted by Gasteiger charge is 2.24. The molecule has 1 saturated heterocycles. The Kier molecular flexibility index (Phi) is 4.19. The maximum Gasteiger partial charge on any atom is 0.292 e. The second-order valence-electron chi connectivity index (χ2n) is 4.98. The number of amides is 1. The van der Waals surface area contributed by atoms with Gasteiger partial charge in [-0.3, -0.25) is 19.8 Å². The van der Waals surface area contributed by atoms with Gasteiger partial charge in [0.15, 0.2) is 0 Å². The van der Waals surface area contributed by atoms with Crippen molar-refractivity contribution in [1.29, 1.82) is 0 Å². The van der Waals surface area contributed by atoms with Gasteiger partial charge in [0.25, 0.3) is 5.69 Å². The van der Waals surface area contributed by atoms with Crippen molar-refractivity contribution >= 4 is 17.3 Å². The highest BCUT2D eigenvalue weighted by Crippen LogP contribution is 2.29. The first-order chi connectivity index (χ1) is 9.47. The fourth-order valence-corrected chi connectivity index (χ4v) is 2.41. The monoisotopic (exact) mass is 278 g/mol. The lowest BCUT2D eigenvalue weighted by molar-refractivity contribution is -0.384. The van der Waals surface area contributed by atoms with Crippen molar-refractivity contribution < 1.29 is 9.72 Å². The molecule has 7 nitrogen and oxygen atoms in total. The lowest BCUT2D eigenvalue weighted by atomic mass is 10.1. The number of nitrogens with two attached hydrogens (primary N) is 1. The lowest BCUT2D eigenvalue weighted by Crippen LogP contribution is -2.49. The summed E-state index contributed by atoms with van der Waals surface area (Å²) in [6.45, 7) is 4.72. The number of rotatable bonds is 4. The molecule has 0 aromatic heterocycles. The van der Waals surface area contributed by atoms with E-state index < -0.39 is 0 Å². The number of nitro benzene ring substituents is 1. The van der Waals surface area contributed by atoms with E-state index in [1.165, 1.54) is 0 Å².